The lowest BCUT2D eigenvalue weighted by Gasteiger charge is -2.18. The Morgan fingerprint density at radius 2 is 1.68 bits per heavy atom. The molecule has 0 aliphatic rings. The third-order valence-electron chi connectivity index (χ3n) is 2.74. The molecule has 0 heterocycles. The van der Waals surface area contributed by atoms with Crippen LogP contribution in [0.1, 0.15) is 18.5 Å². The minimum absolute atomic E-state index is 0.241. The Morgan fingerprint density at radius 1 is 1.00 bits per heavy atom. The van der Waals surface area contributed by atoms with E-state index in [9.17, 15) is 0 Å². The molecule has 4 heteroatoms. The van der Waals surface area contributed by atoms with Crippen LogP contribution in [0.5, 0.6) is 0 Å². The summed E-state index contributed by atoms with van der Waals surface area (Å²) >= 11 is 0. The molecule has 1 rings (SSSR count). The van der Waals surface area contributed by atoms with Gasteiger partial charge in [0, 0.05) is 7.11 Å². The fraction of sp³-hybridized carbons (Fsp3) is 0.600. The molecule has 0 radical (unpaired) electrons. The van der Waals surface area contributed by atoms with Crippen molar-refractivity contribution in [3.63, 3.8) is 0 Å². The van der Waals surface area contributed by atoms with Gasteiger partial charge >= 0.3 is 0 Å². The summed E-state index contributed by atoms with van der Waals surface area (Å²) in [6.07, 6.45) is 0. The molecule has 1 atom stereocenters. The highest BCUT2D eigenvalue weighted by molar-refractivity contribution is 5.18. The topological polar surface area (TPSA) is 39.7 Å². The molecule has 1 unspecified atom stereocenters. The number of rotatable bonds is 11. The summed E-state index contributed by atoms with van der Waals surface area (Å²) in [6.45, 7) is 6.15. The van der Waals surface area contributed by atoms with Gasteiger partial charge < -0.3 is 19.5 Å². The van der Waals surface area contributed by atoms with Gasteiger partial charge in [-0.2, -0.15) is 0 Å². The predicted molar refractivity (Wildman–Crippen MR) is 76.4 cm³/mol. The van der Waals surface area contributed by atoms with Gasteiger partial charge in [-0.1, -0.05) is 37.3 Å². The zero-order valence-corrected chi connectivity index (χ0v) is 11.9. The van der Waals surface area contributed by atoms with Crippen molar-refractivity contribution in [1.29, 1.82) is 0 Å². The van der Waals surface area contributed by atoms with Crippen LogP contribution in [0.15, 0.2) is 30.3 Å². The molecular weight excluding hydrogens is 242 g/mol. The van der Waals surface area contributed by atoms with Gasteiger partial charge in [0.2, 0.25) is 0 Å². The van der Waals surface area contributed by atoms with E-state index in [4.69, 9.17) is 14.2 Å². The molecule has 0 bridgehead atoms. The maximum Gasteiger partial charge on any atom is 0.0701 e. The summed E-state index contributed by atoms with van der Waals surface area (Å²) in [6, 6.07) is 10.6. The number of hydrogen-bond acceptors (Lipinski definition) is 4. The quantitative estimate of drug-likeness (QED) is 0.623. The van der Waals surface area contributed by atoms with E-state index in [0.717, 1.165) is 6.54 Å². The van der Waals surface area contributed by atoms with Crippen molar-refractivity contribution in [1.82, 2.24) is 5.32 Å². The van der Waals surface area contributed by atoms with E-state index in [2.05, 4.69) is 24.4 Å². The molecule has 0 saturated heterocycles. The van der Waals surface area contributed by atoms with Crippen molar-refractivity contribution in [2.75, 3.05) is 46.7 Å². The van der Waals surface area contributed by atoms with E-state index in [1.807, 2.05) is 18.2 Å². The van der Waals surface area contributed by atoms with Crippen LogP contribution in [-0.4, -0.2) is 46.7 Å². The molecule has 4 nitrogen and oxygen atoms in total. The first-order chi connectivity index (χ1) is 9.38. The van der Waals surface area contributed by atoms with Gasteiger partial charge in [-0.05, 0) is 12.1 Å². The summed E-state index contributed by atoms with van der Waals surface area (Å²) in [7, 11) is 1.67. The number of ether oxygens (including phenoxy) is 3. The fourth-order valence-corrected chi connectivity index (χ4v) is 1.77. The highest BCUT2D eigenvalue weighted by Gasteiger charge is 2.09. The monoisotopic (exact) mass is 267 g/mol. The second-order valence-electron chi connectivity index (χ2n) is 4.20. The molecule has 0 fully saturated rings. The van der Waals surface area contributed by atoms with E-state index in [-0.39, 0.29) is 6.04 Å². The number of likely N-dealkylation sites (N-methyl/N-ethyl adjacent to an activating group) is 1. The van der Waals surface area contributed by atoms with Crippen LogP contribution in [0, 0.1) is 0 Å². The fourth-order valence-electron chi connectivity index (χ4n) is 1.77. The van der Waals surface area contributed by atoms with Crippen LogP contribution >= 0.6 is 0 Å². The molecular formula is C15H25NO3. The SMILES string of the molecule is CCNC(COCCOCCOC)c1ccccc1. The Bertz CT molecular complexity index is 306. The van der Waals surface area contributed by atoms with Gasteiger partial charge in [-0.25, -0.2) is 0 Å². The first-order valence-corrected chi connectivity index (χ1v) is 6.81. The lowest BCUT2D eigenvalue weighted by Crippen LogP contribution is -2.26. The van der Waals surface area contributed by atoms with Crippen molar-refractivity contribution in [3.05, 3.63) is 35.9 Å². The van der Waals surface area contributed by atoms with E-state index < -0.39 is 0 Å². The number of benzene rings is 1. The Balaban J connectivity index is 2.20. The zero-order chi connectivity index (χ0) is 13.8. The summed E-state index contributed by atoms with van der Waals surface area (Å²) < 4.78 is 15.9. The maximum atomic E-state index is 5.65. The van der Waals surface area contributed by atoms with Crippen LogP contribution in [-0.2, 0) is 14.2 Å². The number of hydrogen-bond donors (Lipinski definition) is 1. The van der Waals surface area contributed by atoms with Crippen molar-refractivity contribution in [2.45, 2.75) is 13.0 Å². The van der Waals surface area contributed by atoms with Gasteiger partial charge in [0.1, 0.15) is 0 Å². The number of methoxy groups -OCH3 is 1. The van der Waals surface area contributed by atoms with Crippen molar-refractivity contribution >= 4 is 0 Å². The van der Waals surface area contributed by atoms with Crippen molar-refractivity contribution in [3.8, 4) is 0 Å². The number of nitrogens with one attached hydrogen (secondary N) is 1. The third kappa shape index (κ3) is 7.28. The predicted octanol–water partition coefficient (Wildman–Crippen LogP) is 2.02. The Hall–Kier alpha value is -0.940. The van der Waals surface area contributed by atoms with Gasteiger partial charge in [0.05, 0.1) is 39.1 Å². The Labute approximate surface area is 116 Å². The summed E-state index contributed by atoms with van der Waals surface area (Å²) in [5, 5.41) is 3.42. The third-order valence-corrected chi connectivity index (χ3v) is 2.74. The lowest BCUT2D eigenvalue weighted by molar-refractivity contribution is 0.0194. The lowest BCUT2D eigenvalue weighted by atomic mass is 10.1. The van der Waals surface area contributed by atoms with Gasteiger partial charge in [0.25, 0.3) is 0 Å². The first kappa shape index (κ1) is 16.1. The van der Waals surface area contributed by atoms with Crippen LogP contribution < -0.4 is 5.32 Å². The van der Waals surface area contributed by atoms with Gasteiger partial charge in [-0.15, -0.1) is 0 Å². The van der Waals surface area contributed by atoms with E-state index in [1.54, 1.807) is 7.11 Å². The van der Waals surface area contributed by atoms with E-state index >= 15 is 0 Å². The molecule has 1 aromatic rings. The molecule has 0 aromatic heterocycles. The molecule has 108 valence electrons. The average molecular weight is 267 g/mol. The van der Waals surface area contributed by atoms with Crippen LogP contribution in [0.3, 0.4) is 0 Å². The van der Waals surface area contributed by atoms with E-state index in [0.29, 0.717) is 33.0 Å². The molecule has 0 aliphatic carbocycles. The van der Waals surface area contributed by atoms with Crippen molar-refractivity contribution in [2.24, 2.45) is 0 Å². The van der Waals surface area contributed by atoms with Gasteiger partial charge in [0.15, 0.2) is 0 Å². The summed E-state index contributed by atoms with van der Waals surface area (Å²) in [5.41, 5.74) is 1.25. The standard InChI is InChI=1S/C15H25NO3/c1-3-16-15(14-7-5-4-6-8-14)13-19-12-11-18-10-9-17-2/h4-8,15-16H,3,9-13H2,1-2H3. The highest BCUT2D eigenvalue weighted by atomic mass is 16.5. The molecule has 0 saturated carbocycles. The largest absolute Gasteiger partial charge is 0.382 e. The van der Waals surface area contributed by atoms with Crippen LogP contribution in [0.25, 0.3) is 0 Å². The maximum absolute atomic E-state index is 5.65. The Kier molecular flexibility index (Phi) is 9.27. The molecule has 1 N–H and O–H groups in total. The van der Waals surface area contributed by atoms with Gasteiger partial charge in [-0.3, -0.25) is 0 Å². The molecule has 0 aliphatic heterocycles. The average Bonchev–Trinajstić information content (AvgIpc) is 2.46. The van der Waals surface area contributed by atoms with E-state index in [1.165, 1.54) is 5.56 Å². The molecule has 19 heavy (non-hydrogen) atoms. The smallest absolute Gasteiger partial charge is 0.0701 e. The van der Waals surface area contributed by atoms with Crippen LogP contribution in [0.4, 0.5) is 0 Å². The highest BCUT2D eigenvalue weighted by Crippen LogP contribution is 2.12. The first-order valence-electron chi connectivity index (χ1n) is 6.81. The molecule has 1 aromatic carbocycles. The minimum Gasteiger partial charge on any atom is -0.382 e. The second-order valence-corrected chi connectivity index (χ2v) is 4.20. The minimum atomic E-state index is 0.241. The second kappa shape index (κ2) is 10.9. The van der Waals surface area contributed by atoms with Crippen LogP contribution in [0.2, 0.25) is 0 Å². The summed E-state index contributed by atoms with van der Waals surface area (Å²) in [5.74, 6) is 0. The normalized spacial score (nSPS) is 12.5. The molecule has 0 spiro atoms. The summed E-state index contributed by atoms with van der Waals surface area (Å²) in [4.78, 5) is 0. The van der Waals surface area contributed by atoms with Crippen molar-refractivity contribution < 1.29 is 14.2 Å². The Morgan fingerprint density at radius 3 is 2.37 bits per heavy atom. The molecule has 0 amide bonds. The zero-order valence-electron chi connectivity index (χ0n) is 11.9.